The van der Waals surface area contributed by atoms with Crippen molar-refractivity contribution in [3.8, 4) is 17.5 Å². The normalized spacial score (nSPS) is 15.3. The number of rotatable bonds is 5. The second-order valence-electron chi connectivity index (χ2n) is 6.80. The summed E-state index contributed by atoms with van der Waals surface area (Å²) in [5, 5.41) is 9.29. The standard InChI is InChI=1S/C20H24N4O3/c1-23-9-7-14(8-10-23)13-27-17-6-4-3-5-16(17)24-12-15(11-21)18(22)19(24)20(25)26-2/h3-6,12,14H,7-10,13,22H2,1-2H3. The molecular weight excluding hydrogens is 344 g/mol. The Kier molecular flexibility index (Phi) is 5.67. The van der Waals surface area contributed by atoms with Gasteiger partial charge in [0.1, 0.15) is 11.8 Å². The zero-order valence-electron chi connectivity index (χ0n) is 15.6. The van der Waals surface area contributed by atoms with Crippen molar-refractivity contribution in [1.29, 1.82) is 5.26 Å². The third-order valence-electron chi connectivity index (χ3n) is 4.98. The smallest absolute Gasteiger partial charge is 0.357 e. The molecule has 0 bridgehead atoms. The van der Waals surface area contributed by atoms with Crippen molar-refractivity contribution in [3.63, 3.8) is 0 Å². The molecule has 1 fully saturated rings. The molecule has 0 aliphatic carbocycles. The summed E-state index contributed by atoms with van der Waals surface area (Å²) >= 11 is 0. The van der Waals surface area contributed by atoms with E-state index in [9.17, 15) is 10.1 Å². The van der Waals surface area contributed by atoms with E-state index >= 15 is 0 Å². The first-order valence-corrected chi connectivity index (χ1v) is 8.95. The van der Waals surface area contributed by atoms with Crippen molar-refractivity contribution in [2.45, 2.75) is 12.8 Å². The van der Waals surface area contributed by atoms with Crippen LogP contribution in [-0.4, -0.2) is 49.3 Å². The number of nitrogens with zero attached hydrogens (tertiary/aromatic N) is 3. The molecule has 3 rings (SSSR count). The highest BCUT2D eigenvalue weighted by atomic mass is 16.5. The number of nitrogen functional groups attached to an aromatic ring is 1. The number of likely N-dealkylation sites (tertiary alicyclic amines) is 1. The van der Waals surface area contributed by atoms with Gasteiger partial charge in [-0.2, -0.15) is 5.26 Å². The molecule has 7 heteroatoms. The van der Waals surface area contributed by atoms with E-state index in [2.05, 4.69) is 11.9 Å². The molecule has 7 nitrogen and oxygen atoms in total. The number of nitrogens with two attached hydrogens (primary N) is 1. The number of esters is 1. The van der Waals surface area contributed by atoms with Crippen molar-refractivity contribution in [2.75, 3.05) is 39.6 Å². The van der Waals surface area contributed by atoms with Crippen LogP contribution in [0.2, 0.25) is 0 Å². The molecule has 2 aromatic rings. The molecule has 27 heavy (non-hydrogen) atoms. The lowest BCUT2D eigenvalue weighted by atomic mass is 9.98. The number of para-hydroxylation sites is 2. The van der Waals surface area contributed by atoms with Crippen LogP contribution in [0.1, 0.15) is 28.9 Å². The highest BCUT2D eigenvalue weighted by molar-refractivity contribution is 5.96. The van der Waals surface area contributed by atoms with Crippen LogP contribution in [0.25, 0.3) is 5.69 Å². The Bertz CT molecular complexity index is 861. The van der Waals surface area contributed by atoms with Gasteiger partial charge in [0.2, 0.25) is 0 Å². The Morgan fingerprint density at radius 1 is 1.33 bits per heavy atom. The SMILES string of the molecule is COC(=O)c1c(N)c(C#N)cn1-c1ccccc1OCC1CCN(C)CC1. The number of piperidine rings is 1. The number of benzene rings is 1. The fraction of sp³-hybridized carbons (Fsp3) is 0.400. The van der Waals surface area contributed by atoms with E-state index in [1.807, 2.05) is 30.3 Å². The Labute approximate surface area is 158 Å². The van der Waals surface area contributed by atoms with Gasteiger partial charge in [-0.15, -0.1) is 0 Å². The minimum atomic E-state index is -0.598. The quantitative estimate of drug-likeness (QED) is 0.815. The van der Waals surface area contributed by atoms with Crippen molar-refractivity contribution < 1.29 is 14.3 Å². The van der Waals surface area contributed by atoms with Crippen molar-refractivity contribution in [3.05, 3.63) is 41.7 Å². The number of anilines is 1. The third kappa shape index (κ3) is 3.91. The summed E-state index contributed by atoms with van der Waals surface area (Å²) in [6.45, 7) is 2.75. The number of nitriles is 1. The summed E-state index contributed by atoms with van der Waals surface area (Å²) in [4.78, 5) is 14.5. The summed E-state index contributed by atoms with van der Waals surface area (Å²) in [5.41, 5.74) is 7.10. The minimum absolute atomic E-state index is 0.106. The van der Waals surface area contributed by atoms with Gasteiger partial charge >= 0.3 is 5.97 Å². The number of methoxy groups -OCH3 is 1. The third-order valence-corrected chi connectivity index (χ3v) is 4.98. The summed E-state index contributed by atoms with van der Waals surface area (Å²) in [7, 11) is 3.41. The number of ether oxygens (including phenoxy) is 2. The van der Waals surface area contributed by atoms with Crippen LogP contribution in [0.5, 0.6) is 5.75 Å². The van der Waals surface area contributed by atoms with Gasteiger partial charge in [-0.1, -0.05) is 12.1 Å². The van der Waals surface area contributed by atoms with Crippen LogP contribution < -0.4 is 10.5 Å². The topological polar surface area (TPSA) is 93.5 Å². The fourth-order valence-electron chi connectivity index (χ4n) is 3.32. The number of aromatic nitrogens is 1. The van der Waals surface area contributed by atoms with Gasteiger partial charge in [-0.05, 0) is 51.0 Å². The zero-order valence-corrected chi connectivity index (χ0v) is 15.6. The van der Waals surface area contributed by atoms with E-state index in [0.717, 1.165) is 25.9 Å². The summed E-state index contributed by atoms with van der Waals surface area (Å²) < 4.78 is 12.5. The lowest BCUT2D eigenvalue weighted by Gasteiger charge is -2.29. The lowest BCUT2D eigenvalue weighted by Crippen LogP contribution is -2.32. The van der Waals surface area contributed by atoms with Gasteiger partial charge in [0.25, 0.3) is 0 Å². The average Bonchev–Trinajstić information content (AvgIpc) is 3.03. The number of hydrogen-bond acceptors (Lipinski definition) is 6. The molecule has 2 heterocycles. The van der Waals surface area contributed by atoms with Gasteiger partial charge in [-0.3, -0.25) is 0 Å². The molecule has 0 saturated carbocycles. The fourth-order valence-corrected chi connectivity index (χ4v) is 3.32. The largest absolute Gasteiger partial charge is 0.491 e. The second-order valence-corrected chi connectivity index (χ2v) is 6.80. The maximum absolute atomic E-state index is 12.2. The highest BCUT2D eigenvalue weighted by Crippen LogP contribution is 2.30. The van der Waals surface area contributed by atoms with Crippen LogP contribution in [0.15, 0.2) is 30.5 Å². The Morgan fingerprint density at radius 2 is 2.04 bits per heavy atom. The average molecular weight is 368 g/mol. The first-order chi connectivity index (χ1) is 13.0. The molecular formula is C20H24N4O3. The predicted molar refractivity (Wildman–Crippen MR) is 102 cm³/mol. The molecule has 0 radical (unpaired) electrons. The molecule has 0 unspecified atom stereocenters. The first-order valence-electron chi connectivity index (χ1n) is 8.95. The Hall–Kier alpha value is -2.98. The molecule has 2 N–H and O–H groups in total. The van der Waals surface area contributed by atoms with Crippen molar-refractivity contribution >= 4 is 11.7 Å². The molecule has 0 atom stereocenters. The number of carbonyl (C=O) groups excluding carboxylic acids is 1. The molecule has 1 aromatic heterocycles. The van der Waals surface area contributed by atoms with E-state index < -0.39 is 5.97 Å². The van der Waals surface area contributed by atoms with Crippen LogP contribution in [-0.2, 0) is 4.74 Å². The lowest BCUT2D eigenvalue weighted by molar-refractivity contribution is 0.0593. The maximum atomic E-state index is 12.2. The van der Waals surface area contributed by atoms with E-state index in [1.165, 1.54) is 7.11 Å². The van der Waals surface area contributed by atoms with Gasteiger partial charge in [-0.25, -0.2) is 4.79 Å². The molecule has 1 aliphatic heterocycles. The molecule has 1 saturated heterocycles. The molecule has 0 amide bonds. The summed E-state index contributed by atoms with van der Waals surface area (Å²) in [5.74, 6) is 0.541. The Morgan fingerprint density at radius 3 is 2.70 bits per heavy atom. The Balaban J connectivity index is 1.90. The van der Waals surface area contributed by atoms with Gasteiger partial charge in [0.15, 0.2) is 5.69 Å². The van der Waals surface area contributed by atoms with Gasteiger partial charge in [0, 0.05) is 6.20 Å². The summed E-state index contributed by atoms with van der Waals surface area (Å²) in [6, 6.07) is 9.42. The van der Waals surface area contributed by atoms with E-state index in [4.69, 9.17) is 15.2 Å². The minimum Gasteiger partial charge on any atom is -0.491 e. The van der Waals surface area contributed by atoms with Gasteiger partial charge < -0.3 is 24.7 Å². The van der Waals surface area contributed by atoms with E-state index in [-0.39, 0.29) is 16.9 Å². The van der Waals surface area contributed by atoms with E-state index in [0.29, 0.717) is 24.0 Å². The predicted octanol–water partition coefficient (Wildman–Crippen LogP) is 2.44. The van der Waals surface area contributed by atoms with Crippen LogP contribution in [0, 0.1) is 17.2 Å². The maximum Gasteiger partial charge on any atom is 0.357 e. The monoisotopic (exact) mass is 368 g/mol. The second kappa shape index (κ2) is 8.14. The molecule has 1 aromatic carbocycles. The highest BCUT2D eigenvalue weighted by Gasteiger charge is 2.24. The van der Waals surface area contributed by atoms with Crippen LogP contribution in [0.4, 0.5) is 5.69 Å². The van der Waals surface area contributed by atoms with Gasteiger partial charge in [0.05, 0.1) is 30.7 Å². The van der Waals surface area contributed by atoms with Crippen molar-refractivity contribution in [1.82, 2.24) is 9.47 Å². The number of carbonyl (C=O) groups is 1. The van der Waals surface area contributed by atoms with E-state index in [1.54, 1.807) is 10.8 Å². The molecule has 0 spiro atoms. The van der Waals surface area contributed by atoms with Crippen molar-refractivity contribution in [2.24, 2.45) is 5.92 Å². The first kappa shape index (κ1) is 18.8. The zero-order chi connectivity index (χ0) is 19.4. The van der Waals surface area contributed by atoms with Crippen LogP contribution >= 0.6 is 0 Å². The number of hydrogen-bond donors (Lipinski definition) is 1. The molecule has 1 aliphatic rings. The molecule has 142 valence electrons. The summed E-state index contributed by atoms with van der Waals surface area (Å²) in [6.07, 6.45) is 3.74. The van der Waals surface area contributed by atoms with Crippen LogP contribution in [0.3, 0.4) is 0 Å².